The summed E-state index contributed by atoms with van der Waals surface area (Å²) >= 11 is 0. The minimum Gasteiger partial charge on any atom is -0.368 e. The second-order valence-electron chi connectivity index (χ2n) is 12.1. The number of rotatable bonds is 9. The zero-order valence-corrected chi connectivity index (χ0v) is 25.6. The lowest BCUT2D eigenvalue weighted by atomic mass is 9.90. The molecule has 1 saturated carbocycles. The summed E-state index contributed by atoms with van der Waals surface area (Å²) in [6, 6.07) is 20.3. The number of carbonyl (C=O) groups is 2. The van der Waals surface area contributed by atoms with Crippen molar-refractivity contribution in [1.29, 1.82) is 5.26 Å². The van der Waals surface area contributed by atoms with E-state index < -0.39 is 9.84 Å². The van der Waals surface area contributed by atoms with Crippen molar-refractivity contribution in [2.45, 2.75) is 48.8 Å². The maximum absolute atomic E-state index is 13.2. The summed E-state index contributed by atoms with van der Waals surface area (Å²) in [6.07, 6.45) is 5.37. The molecule has 3 fully saturated rings. The molecule has 0 N–H and O–H groups in total. The van der Waals surface area contributed by atoms with Crippen LogP contribution in [0.3, 0.4) is 0 Å². The first-order valence-electron chi connectivity index (χ1n) is 15.4. The zero-order valence-electron chi connectivity index (χ0n) is 24.8. The predicted octanol–water partition coefficient (Wildman–Crippen LogP) is 4.34. The van der Waals surface area contributed by atoms with Crippen LogP contribution in [-0.2, 0) is 16.4 Å². The standard InChI is InChI=1S/C34H37N5O4S/c35-22-26-1-3-27(4-2-26)24-37-15-13-25(14-16-37)21-33(40)32-12-5-28(23-36-32)34(41)39-19-17-38(18-20-39)29-6-8-30(9-7-29)44(42,43)31-10-11-31/h1-9,12,23,25,31H,10-11,13-21,24H2. The molecule has 0 unspecified atom stereocenters. The molecule has 44 heavy (non-hydrogen) atoms. The fourth-order valence-electron chi connectivity index (χ4n) is 6.11. The summed E-state index contributed by atoms with van der Waals surface area (Å²) in [5, 5.41) is 8.76. The van der Waals surface area contributed by atoms with Crippen molar-refractivity contribution in [2.75, 3.05) is 44.2 Å². The van der Waals surface area contributed by atoms with Crippen LogP contribution >= 0.6 is 0 Å². The van der Waals surface area contributed by atoms with Crippen LogP contribution in [-0.4, -0.2) is 79.4 Å². The highest BCUT2D eigenvalue weighted by atomic mass is 32.2. The Labute approximate surface area is 259 Å². The minimum atomic E-state index is -3.20. The van der Waals surface area contributed by atoms with E-state index >= 15 is 0 Å². The molecule has 3 aromatic rings. The third-order valence-electron chi connectivity index (χ3n) is 9.03. The Balaban J connectivity index is 0.952. The van der Waals surface area contributed by atoms with E-state index in [0.29, 0.717) is 60.2 Å². The molecular weight excluding hydrogens is 574 g/mol. The van der Waals surface area contributed by atoms with E-state index in [1.165, 1.54) is 11.8 Å². The highest BCUT2D eigenvalue weighted by molar-refractivity contribution is 7.92. The molecule has 6 rings (SSSR count). The van der Waals surface area contributed by atoms with Crippen molar-refractivity contribution < 1.29 is 18.0 Å². The number of anilines is 1. The van der Waals surface area contributed by atoms with Crippen molar-refractivity contribution in [3.05, 3.63) is 89.2 Å². The number of aromatic nitrogens is 1. The van der Waals surface area contributed by atoms with Gasteiger partial charge in [-0.3, -0.25) is 19.5 Å². The summed E-state index contributed by atoms with van der Waals surface area (Å²) in [4.78, 5) is 37.2. The third kappa shape index (κ3) is 6.85. The molecule has 0 spiro atoms. The number of Topliss-reactive ketones (excluding diaryl/α,β-unsaturated/α-hetero) is 1. The van der Waals surface area contributed by atoms with Crippen LogP contribution in [0.1, 0.15) is 64.1 Å². The van der Waals surface area contributed by atoms with Gasteiger partial charge in [0.25, 0.3) is 5.91 Å². The fourth-order valence-corrected chi connectivity index (χ4v) is 7.77. The van der Waals surface area contributed by atoms with Gasteiger partial charge in [-0.2, -0.15) is 5.26 Å². The summed E-state index contributed by atoms with van der Waals surface area (Å²) in [7, 11) is -3.20. The first kappa shape index (κ1) is 30.0. The topological polar surface area (TPSA) is 115 Å². The van der Waals surface area contributed by atoms with Gasteiger partial charge < -0.3 is 9.80 Å². The van der Waals surface area contributed by atoms with Crippen molar-refractivity contribution in [2.24, 2.45) is 5.92 Å². The average Bonchev–Trinajstić information content (AvgIpc) is 3.93. The Morgan fingerprint density at radius 2 is 1.52 bits per heavy atom. The molecular formula is C34H37N5O4S. The van der Waals surface area contributed by atoms with E-state index in [4.69, 9.17) is 5.26 Å². The molecule has 228 valence electrons. The van der Waals surface area contributed by atoms with E-state index in [1.807, 2.05) is 36.4 Å². The number of sulfone groups is 1. The minimum absolute atomic E-state index is 0.0131. The molecule has 2 saturated heterocycles. The number of nitriles is 1. The smallest absolute Gasteiger partial charge is 0.255 e. The largest absolute Gasteiger partial charge is 0.368 e. The SMILES string of the molecule is N#Cc1ccc(CN2CCC(CC(=O)c3ccc(C(=O)N4CCN(c5ccc(S(=O)(=O)C6CC6)cc5)CC4)cn3)CC2)cc1. The lowest BCUT2D eigenvalue weighted by Gasteiger charge is -2.36. The summed E-state index contributed by atoms with van der Waals surface area (Å²) in [5.41, 5.74) is 3.68. The van der Waals surface area contributed by atoms with E-state index in [2.05, 4.69) is 20.9 Å². The second kappa shape index (κ2) is 12.9. The molecule has 2 aromatic carbocycles. The molecule has 1 aliphatic carbocycles. The van der Waals surface area contributed by atoms with Gasteiger partial charge in [-0.15, -0.1) is 0 Å². The summed E-state index contributed by atoms with van der Waals surface area (Å²) in [5.74, 6) is 0.230. The molecule has 1 aromatic heterocycles. The Morgan fingerprint density at radius 3 is 2.11 bits per heavy atom. The van der Waals surface area contributed by atoms with Gasteiger partial charge in [0.2, 0.25) is 0 Å². The van der Waals surface area contributed by atoms with Gasteiger partial charge >= 0.3 is 0 Å². The van der Waals surface area contributed by atoms with Gasteiger partial charge in [-0.25, -0.2) is 8.42 Å². The number of ketones is 1. The number of amides is 1. The van der Waals surface area contributed by atoms with Gasteiger partial charge in [0.15, 0.2) is 15.6 Å². The molecule has 10 heteroatoms. The van der Waals surface area contributed by atoms with Gasteiger partial charge in [-0.1, -0.05) is 12.1 Å². The van der Waals surface area contributed by atoms with Crippen LogP contribution in [0, 0.1) is 17.2 Å². The monoisotopic (exact) mass is 611 g/mol. The number of piperazine rings is 1. The maximum Gasteiger partial charge on any atom is 0.255 e. The van der Waals surface area contributed by atoms with Gasteiger partial charge in [-0.05, 0) is 98.8 Å². The fraction of sp³-hybridized carbons (Fsp3) is 0.412. The Kier molecular flexibility index (Phi) is 8.78. The van der Waals surface area contributed by atoms with Crippen molar-refractivity contribution >= 4 is 27.2 Å². The Morgan fingerprint density at radius 1 is 0.841 bits per heavy atom. The highest BCUT2D eigenvalue weighted by Gasteiger charge is 2.37. The quantitative estimate of drug-likeness (QED) is 0.329. The van der Waals surface area contributed by atoms with Gasteiger partial charge in [0.1, 0.15) is 5.69 Å². The first-order chi connectivity index (χ1) is 21.3. The average molecular weight is 612 g/mol. The first-order valence-corrected chi connectivity index (χ1v) is 16.9. The molecule has 2 aliphatic heterocycles. The van der Waals surface area contributed by atoms with E-state index in [0.717, 1.165) is 51.0 Å². The number of pyridine rings is 1. The maximum atomic E-state index is 13.2. The van der Waals surface area contributed by atoms with Crippen LogP contribution in [0.5, 0.6) is 0 Å². The van der Waals surface area contributed by atoms with Crippen LogP contribution in [0.2, 0.25) is 0 Å². The number of benzene rings is 2. The van der Waals surface area contributed by atoms with Crippen molar-refractivity contribution in [3.8, 4) is 6.07 Å². The predicted molar refractivity (Wildman–Crippen MR) is 167 cm³/mol. The van der Waals surface area contributed by atoms with E-state index in [9.17, 15) is 18.0 Å². The number of hydrogen-bond acceptors (Lipinski definition) is 8. The molecule has 0 bridgehead atoms. The van der Waals surface area contributed by atoms with E-state index in [-0.39, 0.29) is 16.9 Å². The number of nitrogens with zero attached hydrogens (tertiary/aromatic N) is 5. The summed E-state index contributed by atoms with van der Waals surface area (Å²) in [6.45, 7) is 5.10. The van der Waals surface area contributed by atoms with Crippen LogP contribution in [0.25, 0.3) is 0 Å². The van der Waals surface area contributed by atoms with E-state index in [1.54, 1.807) is 29.2 Å². The van der Waals surface area contributed by atoms with Crippen LogP contribution in [0.4, 0.5) is 5.69 Å². The number of carbonyl (C=O) groups excluding carboxylic acids is 2. The third-order valence-corrected chi connectivity index (χ3v) is 11.3. The Bertz CT molecular complexity index is 1630. The second-order valence-corrected chi connectivity index (χ2v) is 14.3. The molecule has 1 amide bonds. The number of piperidine rings is 1. The zero-order chi connectivity index (χ0) is 30.7. The van der Waals surface area contributed by atoms with Crippen molar-refractivity contribution in [3.63, 3.8) is 0 Å². The van der Waals surface area contributed by atoms with Crippen LogP contribution < -0.4 is 4.90 Å². The van der Waals surface area contributed by atoms with Gasteiger partial charge in [0.05, 0.1) is 27.3 Å². The number of likely N-dealkylation sites (tertiary alicyclic amines) is 1. The molecule has 0 radical (unpaired) electrons. The molecule has 3 aliphatic rings. The van der Waals surface area contributed by atoms with Crippen LogP contribution in [0.15, 0.2) is 71.8 Å². The molecule has 3 heterocycles. The summed E-state index contributed by atoms with van der Waals surface area (Å²) < 4.78 is 24.9. The normalized spacial score (nSPS) is 18.2. The number of hydrogen-bond donors (Lipinski definition) is 0. The lowest BCUT2D eigenvalue weighted by Crippen LogP contribution is -2.48. The Hall–Kier alpha value is -4.07. The molecule has 0 atom stereocenters. The lowest BCUT2D eigenvalue weighted by molar-refractivity contribution is 0.0745. The molecule has 9 nitrogen and oxygen atoms in total. The van der Waals surface area contributed by atoms with Crippen molar-refractivity contribution in [1.82, 2.24) is 14.8 Å². The highest BCUT2D eigenvalue weighted by Crippen LogP contribution is 2.34. The van der Waals surface area contributed by atoms with Gasteiger partial charge in [0, 0.05) is 51.0 Å².